The van der Waals surface area contributed by atoms with Crippen LogP contribution < -0.4 is 16.4 Å². The number of anilines is 2. The Hall–Kier alpha value is -2.41. The van der Waals surface area contributed by atoms with E-state index < -0.39 is 0 Å². The van der Waals surface area contributed by atoms with Crippen molar-refractivity contribution in [1.82, 2.24) is 10.3 Å². The molecule has 0 aliphatic rings. The Morgan fingerprint density at radius 2 is 2.00 bits per heavy atom. The summed E-state index contributed by atoms with van der Waals surface area (Å²) in [5, 5.41) is 7.86. The van der Waals surface area contributed by atoms with Crippen LogP contribution in [0.2, 0.25) is 0 Å². The number of carbonyl (C=O) groups is 2. The van der Waals surface area contributed by atoms with Crippen LogP contribution in [0.4, 0.5) is 11.4 Å². The third kappa shape index (κ3) is 5.71. The average Bonchev–Trinajstić information content (AvgIpc) is 3.07. The summed E-state index contributed by atoms with van der Waals surface area (Å²) in [6.45, 7) is 0.589. The molecule has 0 aliphatic heterocycles. The fourth-order valence-electron chi connectivity index (χ4n) is 2.02. The van der Waals surface area contributed by atoms with Gasteiger partial charge >= 0.3 is 0 Å². The van der Waals surface area contributed by atoms with Gasteiger partial charge in [0.25, 0.3) is 5.91 Å². The van der Waals surface area contributed by atoms with E-state index in [1.165, 1.54) is 11.3 Å². The maximum absolute atomic E-state index is 11.8. The molecule has 2 amide bonds. The highest BCUT2D eigenvalue weighted by Crippen LogP contribution is 2.17. The van der Waals surface area contributed by atoms with Crippen LogP contribution in [0.3, 0.4) is 0 Å². The molecule has 0 radical (unpaired) electrons. The predicted octanol–water partition coefficient (Wildman–Crippen LogP) is 2.65. The Morgan fingerprint density at radius 1 is 1.17 bits per heavy atom. The van der Waals surface area contributed by atoms with Gasteiger partial charge in [-0.3, -0.25) is 9.59 Å². The molecule has 0 bridgehead atoms. The van der Waals surface area contributed by atoms with Crippen molar-refractivity contribution in [1.29, 1.82) is 0 Å². The van der Waals surface area contributed by atoms with Gasteiger partial charge in [-0.05, 0) is 25.0 Å². The molecule has 0 spiro atoms. The van der Waals surface area contributed by atoms with Gasteiger partial charge in [0.05, 0.1) is 11.4 Å². The molecule has 0 unspecified atom stereocenters. The predicted molar refractivity (Wildman–Crippen MR) is 92.4 cm³/mol. The molecule has 1 heterocycles. The van der Waals surface area contributed by atoms with Crippen molar-refractivity contribution >= 4 is 34.5 Å². The highest BCUT2D eigenvalue weighted by Gasteiger charge is 2.07. The molecule has 0 atom stereocenters. The molecule has 1 aromatic carbocycles. The molecule has 122 valence electrons. The normalized spacial score (nSPS) is 10.3. The summed E-state index contributed by atoms with van der Waals surface area (Å²) in [7, 11) is 0. The highest BCUT2D eigenvalue weighted by atomic mass is 32.1. The number of aromatic nitrogens is 1. The number of carbonyl (C=O) groups excluding carboxylic acids is 2. The van der Waals surface area contributed by atoms with Crippen LogP contribution in [0.25, 0.3) is 0 Å². The first-order chi connectivity index (χ1) is 11.2. The summed E-state index contributed by atoms with van der Waals surface area (Å²) in [6.07, 6.45) is 4.52. The van der Waals surface area contributed by atoms with Gasteiger partial charge in [0.1, 0.15) is 0 Å². The summed E-state index contributed by atoms with van der Waals surface area (Å²) in [4.78, 5) is 27.4. The summed E-state index contributed by atoms with van der Waals surface area (Å²) in [6, 6.07) is 7.18. The Kier molecular flexibility index (Phi) is 6.56. The van der Waals surface area contributed by atoms with Crippen molar-refractivity contribution in [3.8, 4) is 0 Å². The lowest BCUT2D eigenvalue weighted by molar-refractivity contribution is -0.116. The lowest BCUT2D eigenvalue weighted by atomic mass is 10.2. The molecule has 2 rings (SSSR count). The number of para-hydroxylation sites is 2. The number of benzene rings is 1. The van der Waals surface area contributed by atoms with Crippen LogP contribution >= 0.6 is 11.3 Å². The molecular weight excluding hydrogens is 312 g/mol. The van der Waals surface area contributed by atoms with Gasteiger partial charge in [0, 0.05) is 24.5 Å². The van der Waals surface area contributed by atoms with E-state index in [1.807, 2.05) is 12.1 Å². The molecule has 1 aromatic heterocycles. The van der Waals surface area contributed by atoms with Crippen molar-refractivity contribution < 1.29 is 9.59 Å². The number of thiazole rings is 1. The van der Waals surface area contributed by atoms with Crippen LogP contribution in [0, 0.1) is 0 Å². The van der Waals surface area contributed by atoms with Crippen LogP contribution in [-0.4, -0.2) is 23.3 Å². The quantitative estimate of drug-likeness (QED) is 0.511. The van der Waals surface area contributed by atoms with Crippen molar-refractivity contribution in [2.75, 3.05) is 17.6 Å². The van der Waals surface area contributed by atoms with Crippen LogP contribution in [-0.2, 0) is 4.79 Å². The molecular formula is C16H20N4O2S. The summed E-state index contributed by atoms with van der Waals surface area (Å²) in [5.74, 6) is -0.188. The molecule has 0 saturated carbocycles. The minimum atomic E-state index is -0.141. The Balaban J connectivity index is 1.56. The van der Waals surface area contributed by atoms with E-state index in [0.717, 1.165) is 19.3 Å². The summed E-state index contributed by atoms with van der Waals surface area (Å²) >= 11 is 1.32. The van der Waals surface area contributed by atoms with Crippen molar-refractivity contribution in [2.45, 2.75) is 25.7 Å². The number of hydrogen-bond donors (Lipinski definition) is 3. The van der Waals surface area contributed by atoms with Crippen molar-refractivity contribution in [3.05, 3.63) is 40.8 Å². The Bertz CT molecular complexity index is 643. The van der Waals surface area contributed by atoms with E-state index in [0.29, 0.717) is 29.3 Å². The smallest absolute Gasteiger partial charge is 0.280 e. The van der Waals surface area contributed by atoms with E-state index in [-0.39, 0.29) is 11.8 Å². The number of nitrogens with two attached hydrogens (primary N) is 1. The fourth-order valence-corrected chi connectivity index (χ4v) is 2.58. The van der Waals surface area contributed by atoms with Gasteiger partial charge in [0.2, 0.25) is 5.91 Å². The lowest BCUT2D eigenvalue weighted by Crippen LogP contribution is -2.24. The lowest BCUT2D eigenvalue weighted by Gasteiger charge is -2.07. The zero-order chi connectivity index (χ0) is 16.5. The Labute approximate surface area is 139 Å². The zero-order valence-corrected chi connectivity index (χ0v) is 13.6. The molecule has 7 heteroatoms. The number of hydrogen-bond acceptors (Lipinski definition) is 5. The third-order valence-electron chi connectivity index (χ3n) is 3.23. The minimum absolute atomic E-state index is 0.0466. The molecule has 0 fully saturated rings. The van der Waals surface area contributed by atoms with Crippen LogP contribution in [0.5, 0.6) is 0 Å². The average molecular weight is 332 g/mol. The van der Waals surface area contributed by atoms with Gasteiger partial charge in [-0.2, -0.15) is 0 Å². The van der Waals surface area contributed by atoms with Gasteiger partial charge in [0.15, 0.2) is 5.01 Å². The van der Waals surface area contributed by atoms with Gasteiger partial charge in [-0.25, -0.2) is 4.98 Å². The number of nitrogens with one attached hydrogen (secondary N) is 2. The largest absolute Gasteiger partial charge is 0.397 e. The zero-order valence-electron chi connectivity index (χ0n) is 12.7. The van der Waals surface area contributed by atoms with Crippen molar-refractivity contribution in [2.24, 2.45) is 0 Å². The van der Waals surface area contributed by atoms with E-state index in [1.54, 1.807) is 23.7 Å². The number of nitrogens with zero attached hydrogens (tertiary/aromatic N) is 1. The van der Waals surface area contributed by atoms with Crippen LogP contribution in [0.15, 0.2) is 35.8 Å². The van der Waals surface area contributed by atoms with Crippen molar-refractivity contribution in [3.63, 3.8) is 0 Å². The van der Waals surface area contributed by atoms with E-state index in [2.05, 4.69) is 15.6 Å². The summed E-state index contributed by atoms with van der Waals surface area (Å²) < 4.78 is 0. The number of unbranched alkanes of at least 4 members (excludes halogenated alkanes) is 2. The van der Waals surface area contributed by atoms with E-state index >= 15 is 0 Å². The molecule has 6 nitrogen and oxygen atoms in total. The Morgan fingerprint density at radius 3 is 2.74 bits per heavy atom. The minimum Gasteiger partial charge on any atom is -0.397 e. The maximum Gasteiger partial charge on any atom is 0.280 e. The monoisotopic (exact) mass is 332 g/mol. The summed E-state index contributed by atoms with van der Waals surface area (Å²) in [5.41, 5.74) is 6.98. The number of nitrogen functional groups attached to an aromatic ring is 1. The first-order valence-corrected chi connectivity index (χ1v) is 8.37. The van der Waals surface area contributed by atoms with Gasteiger partial charge < -0.3 is 16.4 Å². The highest BCUT2D eigenvalue weighted by molar-refractivity contribution is 7.11. The second-order valence-corrected chi connectivity index (χ2v) is 5.93. The molecule has 0 saturated heterocycles. The van der Waals surface area contributed by atoms with Gasteiger partial charge in [-0.15, -0.1) is 11.3 Å². The number of amides is 2. The standard InChI is InChI=1S/C16H20N4O2S/c17-12-6-3-4-7-13(12)20-14(21)8-2-1-5-9-18-15(22)16-19-10-11-23-16/h3-4,6-7,10-11H,1-2,5,8-9,17H2,(H,18,22)(H,20,21). The fraction of sp³-hybridized carbons (Fsp3) is 0.312. The molecule has 4 N–H and O–H groups in total. The van der Waals surface area contributed by atoms with Gasteiger partial charge in [-0.1, -0.05) is 18.6 Å². The molecule has 2 aromatic rings. The number of rotatable bonds is 8. The SMILES string of the molecule is Nc1ccccc1NC(=O)CCCCCNC(=O)c1nccs1. The van der Waals surface area contributed by atoms with Crippen LogP contribution in [0.1, 0.15) is 35.5 Å². The first-order valence-electron chi connectivity index (χ1n) is 7.49. The first kappa shape index (κ1) is 17.0. The topological polar surface area (TPSA) is 97.1 Å². The molecule has 23 heavy (non-hydrogen) atoms. The van der Waals surface area contributed by atoms with E-state index in [9.17, 15) is 9.59 Å². The molecule has 0 aliphatic carbocycles. The second kappa shape index (κ2) is 8.89. The third-order valence-corrected chi connectivity index (χ3v) is 4.00. The van der Waals surface area contributed by atoms with E-state index in [4.69, 9.17) is 5.73 Å². The second-order valence-electron chi connectivity index (χ2n) is 5.04. The maximum atomic E-state index is 11.8.